The van der Waals surface area contributed by atoms with Crippen molar-refractivity contribution in [2.75, 3.05) is 0 Å². The summed E-state index contributed by atoms with van der Waals surface area (Å²) in [6.45, 7) is 2.13. The Bertz CT molecular complexity index is 749. The molecule has 0 aliphatic heterocycles. The number of aliphatic hydroxyl groups is 1. The number of hydrogen-bond donors (Lipinski definition) is 2. The van der Waals surface area contributed by atoms with Crippen LogP contribution in [-0.2, 0) is 0 Å². The van der Waals surface area contributed by atoms with Crippen molar-refractivity contribution in [1.29, 1.82) is 0 Å². The van der Waals surface area contributed by atoms with Crippen molar-refractivity contribution in [1.82, 2.24) is 0 Å². The molecule has 1 aliphatic carbocycles. The van der Waals surface area contributed by atoms with Crippen molar-refractivity contribution in [2.24, 2.45) is 11.1 Å². The molecule has 2 aromatic carbocycles. The second kappa shape index (κ2) is 8.83. The summed E-state index contributed by atoms with van der Waals surface area (Å²) >= 11 is 3.51. The Morgan fingerprint density at radius 3 is 2.35 bits per heavy atom. The van der Waals surface area contributed by atoms with Gasteiger partial charge in [-0.05, 0) is 61.4 Å². The van der Waals surface area contributed by atoms with Gasteiger partial charge in [0.2, 0.25) is 0 Å². The quantitative estimate of drug-likeness (QED) is 0.375. The van der Waals surface area contributed by atoms with Crippen LogP contribution in [0.5, 0.6) is 0 Å². The SMILES string of the molecule is Cc1ccccc1C(C/C(=N/O)C1CCC(O)CC1)c1ccc(Br)cc1. The van der Waals surface area contributed by atoms with Gasteiger partial charge in [0.1, 0.15) is 0 Å². The lowest BCUT2D eigenvalue weighted by Gasteiger charge is -2.28. The molecule has 1 fully saturated rings. The van der Waals surface area contributed by atoms with E-state index in [1.807, 2.05) is 0 Å². The largest absolute Gasteiger partial charge is 0.411 e. The number of aliphatic hydroxyl groups excluding tert-OH is 1. The second-order valence-corrected chi connectivity index (χ2v) is 8.18. The number of halogens is 1. The molecule has 1 aliphatic rings. The van der Waals surface area contributed by atoms with Crippen molar-refractivity contribution in [3.63, 3.8) is 0 Å². The van der Waals surface area contributed by atoms with Crippen molar-refractivity contribution in [2.45, 2.75) is 51.0 Å². The summed E-state index contributed by atoms with van der Waals surface area (Å²) in [7, 11) is 0. The van der Waals surface area contributed by atoms with Gasteiger partial charge in [-0.1, -0.05) is 57.5 Å². The number of rotatable bonds is 5. The Labute approximate surface area is 163 Å². The third-order valence-corrected chi connectivity index (χ3v) is 6.07. The molecule has 0 heterocycles. The van der Waals surface area contributed by atoms with Crippen LogP contribution in [0.25, 0.3) is 0 Å². The smallest absolute Gasteiger partial charge is 0.0611 e. The first kappa shape index (κ1) is 19.1. The van der Waals surface area contributed by atoms with E-state index in [-0.39, 0.29) is 17.9 Å². The number of nitrogens with zero attached hydrogens (tertiary/aromatic N) is 1. The van der Waals surface area contributed by atoms with Crippen LogP contribution in [0.2, 0.25) is 0 Å². The highest BCUT2D eigenvalue weighted by atomic mass is 79.9. The monoisotopic (exact) mass is 415 g/mol. The first-order valence-corrected chi connectivity index (χ1v) is 10.1. The average Bonchev–Trinajstić information content (AvgIpc) is 2.66. The van der Waals surface area contributed by atoms with E-state index < -0.39 is 0 Å². The molecular formula is C22H26BrNO2. The molecule has 0 spiro atoms. The molecule has 1 atom stereocenters. The lowest BCUT2D eigenvalue weighted by Crippen LogP contribution is -2.26. The van der Waals surface area contributed by atoms with Gasteiger partial charge < -0.3 is 10.3 Å². The molecule has 3 rings (SSSR count). The summed E-state index contributed by atoms with van der Waals surface area (Å²) in [5.74, 6) is 0.410. The minimum atomic E-state index is -0.204. The van der Waals surface area contributed by atoms with Gasteiger partial charge in [0, 0.05) is 22.7 Å². The van der Waals surface area contributed by atoms with Crippen LogP contribution in [0.15, 0.2) is 58.2 Å². The lowest BCUT2D eigenvalue weighted by atomic mass is 9.78. The van der Waals surface area contributed by atoms with Gasteiger partial charge in [-0.25, -0.2) is 0 Å². The zero-order valence-electron chi connectivity index (χ0n) is 15.1. The second-order valence-electron chi connectivity index (χ2n) is 7.26. The average molecular weight is 416 g/mol. The molecular weight excluding hydrogens is 390 g/mol. The van der Waals surface area contributed by atoms with Crippen molar-refractivity contribution in [3.05, 3.63) is 69.7 Å². The third-order valence-electron chi connectivity index (χ3n) is 5.55. The molecule has 2 N–H and O–H groups in total. The van der Waals surface area contributed by atoms with Gasteiger partial charge >= 0.3 is 0 Å². The van der Waals surface area contributed by atoms with E-state index in [1.165, 1.54) is 16.7 Å². The molecule has 3 nitrogen and oxygen atoms in total. The van der Waals surface area contributed by atoms with E-state index in [4.69, 9.17) is 0 Å². The number of aryl methyl sites for hydroxylation is 1. The maximum absolute atomic E-state index is 9.77. The summed E-state index contributed by atoms with van der Waals surface area (Å²) in [5.41, 5.74) is 4.59. The number of hydrogen-bond acceptors (Lipinski definition) is 3. The van der Waals surface area contributed by atoms with E-state index in [0.29, 0.717) is 6.42 Å². The highest BCUT2D eigenvalue weighted by Crippen LogP contribution is 2.35. The van der Waals surface area contributed by atoms with E-state index in [0.717, 1.165) is 35.9 Å². The molecule has 26 heavy (non-hydrogen) atoms. The first-order valence-electron chi connectivity index (χ1n) is 9.28. The number of benzene rings is 2. The van der Waals surface area contributed by atoms with Crippen LogP contribution in [0, 0.1) is 12.8 Å². The van der Waals surface area contributed by atoms with Gasteiger partial charge in [0.05, 0.1) is 11.8 Å². The Morgan fingerprint density at radius 1 is 1.08 bits per heavy atom. The zero-order valence-corrected chi connectivity index (χ0v) is 16.7. The molecule has 138 valence electrons. The fraction of sp³-hybridized carbons (Fsp3) is 0.409. The fourth-order valence-electron chi connectivity index (χ4n) is 3.99. The van der Waals surface area contributed by atoms with Crippen molar-refractivity contribution >= 4 is 21.6 Å². The summed E-state index contributed by atoms with van der Waals surface area (Å²) in [5, 5.41) is 23.2. The van der Waals surface area contributed by atoms with E-state index in [9.17, 15) is 10.3 Å². The molecule has 0 bridgehead atoms. The van der Waals surface area contributed by atoms with Crippen LogP contribution in [0.3, 0.4) is 0 Å². The highest BCUT2D eigenvalue weighted by Gasteiger charge is 2.27. The van der Waals surface area contributed by atoms with Gasteiger partial charge in [-0.3, -0.25) is 0 Å². The molecule has 0 aromatic heterocycles. The van der Waals surface area contributed by atoms with Gasteiger partial charge in [-0.2, -0.15) is 0 Å². The maximum atomic E-state index is 9.77. The summed E-state index contributed by atoms with van der Waals surface area (Å²) in [6.07, 6.45) is 3.85. The van der Waals surface area contributed by atoms with E-state index in [1.54, 1.807) is 0 Å². The van der Waals surface area contributed by atoms with Crippen LogP contribution >= 0.6 is 15.9 Å². The Morgan fingerprint density at radius 2 is 1.73 bits per heavy atom. The summed E-state index contributed by atoms with van der Waals surface area (Å²) in [6, 6.07) is 16.8. The summed E-state index contributed by atoms with van der Waals surface area (Å²) in [4.78, 5) is 0. The molecule has 0 saturated heterocycles. The Hall–Kier alpha value is -1.65. The summed E-state index contributed by atoms with van der Waals surface area (Å²) < 4.78 is 1.06. The van der Waals surface area contributed by atoms with Crippen LogP contribution in [0.1, 0.15) is 54.7 Å². The van der Waals surface area contributed by atoms with Crippen molar-refractivity contribution < 1.29 is 10.3 Å². The first-order chi connectivity index (χ1) is 12.6. The van der Waals surface area contributed by atoms with Crippen molar-refractivity contribution in [3.8, 4) is 0 Å². The topological polar surface area (TPSA) is 52.8 Å². The van der Waals surface area contributed by atoms with Crippen LogP contribution < -0.4 is 0 Å². The van der Waals surface area contributed by atoms with Gasteiger partial charge in [0.25, 0.3) is 0 Å². The highest BCUT2D eigenvalue weighted by molar-refractivity contribution is 9.10. The zero-order chi connectivity index (χ0) is 18.5. The van der Waals surface area contributed by atoms with Crippen LogP contribution in [0.4, 0.5) is 0 Å². The van der Waals surface area contributed by atoms with E-state index >= 15 is 0 Å². The Kier molecular flexibility index (Phi) is 6.49. The molecule has 0 radical (unpaired) electrons. The third kappa shape index (κ3) is 4.54. The lowest BCUT2D eigenvalue weighted by molar-refractivity contribution is 0.120. The standard InChI is InChI=1S/C22H26BrNO2/c1-15-4-2-3-5-20(15)21(16-6-10-18(23)11-7-16)14-22(24-26)17-8-12-19(25)13-9-17/h2-7,10-11,17,19,21,25-26H,8-9,12-14H2,1H3/b24-22-. The van der Waals surface area contributed by atoms with Gasteiger partial charge in [-0.15, -0.1) is 0 Å². The maximum Gasteiger partial charge on any atom is 0.0611 e. The van der Waals surface area contributed by atoms with E-state index in [2.05, 4.69) is 76.5 Å². The predicted octanol–water partition coefficient (Wildman–Crippen LogP) is 5.66. The normalized spacial score (nSPS) is 22.2. The van der Waals surface area contributed by atoms with Gasteiger partial charge in [0.15, 0.2) is 0 Å². The Balaban J connectivity index is 1.90. The molecule has 1 unspecified atom stereocenters. The number of oxime groups is 1. The minimum Gasteiger partial charge on any atom is -0.411 e. The minimum absolute atomic E-state index is 0.155. The van der Waals surface area contributed by atoms with Crippen LogP contribution in [-0.4, -0.2) is 22.1 Å². The molecule has 1 saturated carbocycles. The molecule has 4 heteroatoms. The molecule has 2 aromatic rings. The predicted molar refractivity (Wildman–Crippen MR) is 109 cm³/mol. The fourth-order valence-corrected chi connectivity index (χ4v) is 4.25. The molecule has 0 amide bonds.